The van der Waals surface area contributed by atoms with Crippen LogP contribution in [0.2, 0.25) is 0 Å². The fraction of sp³-hybridized carbons (Fsp3) is 0.800. The average molecular weight is 198 g/mol. The number of amides is 2. The largest absolute Gasteiger partial charge is 0.352 e. The fourth-order valence-electron chi connectivity index (χ4n) is 1.38. The van der Waals surface area contributed by atoms with Crippen LogP contribution in [0.1, 0.15) is 39.0 Å². The molecule has 1 aliphatic heterocycles. The van der Waals surface area contributed by atoms with Crippen molar-refractivity contribution in [2.45, 2.75) is 45.1 Å². The molecule has 0 aromatic carbocycles. The highest BCUT2D eigenvalue weighted by atomic mass is 16.2. The van der Waals surface area contributed by atoms with Crippen molar-refractivity contribution in [3.8, 4) is 0 Å². The molecule has 1 aliphatic rings. The SMILES string of the molecule is CCCCCCC(=O)N[C@H]1CNC1=O. The lowest BCUT2D eigenvalue weighted by atomic mass is 10.1. The molecule has 0 aliphatic carbocycles. The van der Waals surface area contributed by atoms with Crippen molar-refractivity contribution in [1.29, 1.82) is 0 Å². The van der Waals surface area contributed by atoms with Gasteiger partial charge in [0.15, 0.2) is 0 Å². The van der Waals surface area contributed by atoms with Crippen molar-refractivity contribution in [2.75, 3.05) is 6.54 Å². The zero-order valence-corrected chi connectivity index (χ0v) is 8.64. The highest BCUT2D eigenvalue weighted by Gasteiger charge is 2.28. The maximum atomic E-state index is 11.3. The molecule has 0 aromatic heterocycles. The van der Waals surface area contributed by atoms with Crippen LogP contribution >= 0.6 is 0 Å². The smallest absolute Gasteiger partial charge is 0.244 e. The van der Waals surface area contributed by atoms with Crippen LogP contribution in [0, 0.1) is 0 Å². The zero-order valence-electron chi connectivity index (χ0n) is 8.64. The van der Waals surface area contributed by atoms with Gasteiger partial charge in [-0.3, -0.25) is 9.59 Å². The maximum Gasteiger partial charge on any atom is 0.244 e. The Morgan fingerprint density at radius 3 is 2.79 bits per heavy atom. The van der Waals surface area contributed by atoms with E-state index in [1.807, 2.05) is 0 Å². The van der Waals surface area contributed by atoms with Gasteiger partial charge in [-0.25, -0.2) is 0 Å². The minimum absolute atomic E-state index is 0.000882. The van der Waals surface area contributed by atoms with Crippen LogP contribution in [0.4, 0.5) is 0 Å². The third-order valence-electron chi connectivity index (χ3n) is 2.39. The highest BCUT2D eigenvalue weighted by Crippen LogP contribution is 2.03. The van der Waals surface area contributed by atoms with Crippen molar-refractivity contribution in [1.82, 2.24) is 10.6 Å². The van der Waals surface area contributed by atoms with Crippen LogP contribution in [0.5, 0.6) is 0 Å². The Morgan fingerprint density at radius 2 is 2.29 bits per heavy atom. The van der Waals surface area contributed by atoms with Gasteiger partial charge < -0.3 is 10.6 Å². The van der Waals surface area contributed by atoms with Crippen LogP contribution in [-0.4, -0.2) is 24.4 Å². The Labute approximate surface area is 84.4 Å². The molecule has 2 N–H and O–H groups in total. The van der Waals surface area contributed by atoms with Gasteiger partial charge in [0.25, 0.3) is 0 Å². The summed E-state index contributed by atoms with van der Waals surface area (Å²) in [4.78, 5) is 22.1. The van der Waals surface area contributed by atoms with Crippen molar-refractivity contribution >= 4 is 11.8 Å². The van der Waals surface area contributed by atoms with Crippen molar-refractivity contribution in [3.05, 3.63) is 0 Å². The average Bonchev–Trinajstić information content (AvgIpc) is 2.19. The Kier molecular flexibility index (Phi) is 4.43. The standard InChI is InChI=1S/C10H18N2O2/c1-2-3-4-5-6-9(13)12-8-7-11-10(8)14/h8H,2-7H2,1H3,(H,11,14)(H,12,13)/t8-/m0/s1. The summed E-state index contributed by atoms with van der Waals surface area (Å²) in [6.45, 7) is 2.72. The van der Waals surface area contributed by atoms with E-state index in [0.29, 0.717) is 13.0 Å². The summed E-state index contributed by atoms with van der Waals surface area (Å²) >= 11 is 0. The molecule has 0 radical (unpaired) electrons. The number of carbonyl (C=O) groups excluding carboxylic acids is 2. The predicted molar refractivity (Wildman–Crippen MR) is 53.7 cm³/mol. The molecule has 1 saturated heterocycles. The van der Waals surface area contributed by atoms with E-state index < -0.39 is 0 Å². The molecule has 0 bridgehead atoms. The summed E-state index contributed by atoms with van der Waals surface area (Å²) in [6.07, 6.45) is 4.92. The molecule has 2 amide bonds. The number of β-lactam (4-membered cyclic amide) rings is 1. The maximum absolute atomic E-state index is 11.3. The Hall–Kier alpha value is -1.06. The normalized spacial score (nSPS) is 19.8. The zero-order chi connectivity index (χ0) is 10.4. The van der Waals surface area contributed by atoms with Gasteiger partial charge in [-0.2, -0.15) is 0 Å². The topological polar surface area (TPSA) is 58.2 Å². The molecule has 1 fully saturated rings. The first-order valence-electron chi connectivity index (χ1n) is 5.31. The monoisotopic (exact) mass is 198 g/mol. The first kappa shape index (κ1) is 11.0. The van der Waals surface area contributed by atoms with Crippen LogP contribution < -0.4 is 10.6 Å². The molecule has 0 aromatic rings. The first-order valence-corrected chi connectivity index (χ1v) is 5.31. The second kappa shape index (κ2) is 5.62. The van der Waals surface area contributed by atoms with Crippen LogP contribution in [-0.2, 0) is 9.59 Å². The van der Waals surface area contributed by atoms with E-state index in [-0.39, 0.29) is 17.9 Å². The lowest BCUT2D eigenvalue weighted by Gasteiger charge is -2.26. The Morgan fingerprint density at radius 1 is 1.50 bits per heavy atom. The molecular weight excluding hydrogens is 180 g/mol. The van der Waals surface area contributed by atoms with E-state index in [9.17, 15) is 9.59 Å². The Balaban J connectivity index is 2.01. The molecule has 0 saturated carbocycles. The van der Waals surface area contributed by atoms with E-state index in [1.165, 1.54) is 12.8 Å². The van der Waals surface area contributed by atoms with Gasteiger partial charge in [-0.15, -0.1) is 0 Å². The molecule has 1 heterocycles. The summed E-state index contributed by atoms with van der Waals surface area (Å²) in [5.41, 5.74) is 0. The van der Waals surface area contributed by atoms with Crippen LogP contribution in [0.3, 0.4) is 0 Å². The van der Waals surface area contributed by atoms with E-state index in [1.54, 1.807) is 0 Å². The number of hydrogen-bond donors (Lipinski definition) is 2. The van der Waals surface area contributed by atoms with Crippen molar-refractivity contribution in [3.63, 3.8) is 0 Å². The van der Waals surface area contributed by atoms with Gasteiger partial charge in [0.2, 0.25) is 11.8 Å². The van der Waals surface area contributed by atoms with Crippen LogP contribution in [0.15, 0.2) is 0 Å². The summed E-state index contributed by atoms with van der Waals surface area (Å²) in [5.74, 6) is -0.0622. The van der Waals surface area contributed by atoms with Crippen molar-refractivity contribution in [2.24, 2.45) is 0 Å². The van der Waals surface area contributed by atoms with Gasteiger partial charge in [-0.1, -0.05) is 26.2 Å². The minimum atomic E-state index is -0.270. The number of rotatable bonds is 6. The van der Waals surface area contributed by atoms with E-state index in [0.717, 1.165) is 12.8 Å². The van der Waals surface area contributed by atoms with E-state index in [2.05, 4.69) is 17.6 Å². The fourth-order valence-corrected chi connectivity index (χ4v) is 1.38. The minimum Gasteiger partial charge on any atom is -0.352 e. The van der Waals surface area contributed by atoms with E-state index in [4.69, 9.17) is 0 Å². The number of unbranched alkanes of at least 4 members (excludes halogenated alkanes) is 3. The molecule has 4 nitrogen and oxygen atoms in total. The molecule has 0 spiro atoms. The Bertz CT molecular complexity index is 216. The summed E-state index contributed by atoms with van der Waals surface area (Å²) in [7, 11) is 0. The summed E-state index contributed by atoms with van der Waals surface area (Å²) < 4.78 is 0. The third-order valence-corrected chi connectivity index (χ3v) is 2.39. The number of carbonyl (C=O) groups is 2. The van der Waals surface area contributed by atoms with Gasteiger partial charge in [-0.05, 0) is 6.42 Å². The molecule has 80 valence electrons. The predicted octanol–water partition coefficient (Wildman–Crippen LogP) is 0.571. The highest BCUT2D eigenvalue weighted by molar-refractivity contribution is 5.92. The lowest BCUT2D eigenvalue weighted by molar-refractivity contribution is -0.133. The second-order valence-electron chi connectivity index (χ2n) is 3.68. The second-order valence-corrected chi connectivity index (χ2v) is 3.68. The molecule has 14 heavy (non-hydrogen) atoms. The summed E-state index contributed by atoms with van der Waals surface area (Å²) in [6, 6.07) is -0.270. The van der Waals surface area contributed by atoms with Gasteiger partial charge in [0.05, 0.1) is 0 Å². The van der Waals surface area contributed by atoms with Gasteiger partial charge in [0, 0.05) is 13.0 Å². The molecule has 1 rings (SSSR count). The third kappa shape index (κ3) is 3.36. The van der Waals surface area contributed by atoms with Gasteiger partial charge >= 0.3 is 0 Å². The van der Waals surface area contributed by atoms with Crippen molar-refractivity contribution < 1.29 is 9.59 Å². The lowest BCUT2D eigenvalue weighted by Crippen LogP contribution is -2.61. The molecule has 1 atom stereocenters. The first-order chi connectivity index (χ1) is 6.74. The molecule has 4 heteroatoms. The van der Waals surface area contributed by atoms with E-state index >= 15 is 0 Å². The van der Waals surface area contributed by atoms with Crippen LogP contribution in [0.25, 0.3) is 0 Å². The number of hydrogen-bond acceptors (Lipinski definition) is 2. The van der Waals surface area contributed by atoms with Gasteiger partial charge in [0.1, 0.15) is 6.04 Å². The summed E-state index contributed by atoms with van der Waals surface area (Å²) in [5, 5.41) is 5.28. The molecular formula is C10H18N2O2. The number of nitrogens with one attached hydrogen (secondary N) is 2. The molecule has 0 unspecified atom stereocenters. The quantitative estimate of drug-likeness (QED) is 0.484.